The van der Waals surface area contributed by atoms with Gasteiger partial charge in [-0.1, -0.05) is 193 Å². The summed E-state index contributed by atoms with van der Waals surface area (Å²) in [5, 5.41) is 236. The molecule has 0 spiro atoms. The molecule has 0 aromatic heterocycles. The average molecular weight is 1850 g/mol. The molecule has 0 radical (unpaired) electrons. The monoisotopic (exact) mass is 1850 g/mol. The fraction of sp³-hybridized carbons (Fsp3) is 0.930. The van der Waals surface area contributed by atoms with Gasteiger partial charge in [-0.05, 0) is 19.3 Å². The molecule has 4 amide bonds. The zero-order chi connectivity index (χ0) is 93.7. The van der Waals surface area contributed by atoms with Crippen molar-refractivity contribution in [3.8, 4) is 0 Å². The molecule has 0 bridgehead atoms. The Morgan fingerprint density at radius 2 is 0.586 bits per heavy atom. The van der Waals surface area contributed by atoms with Crippen molar-refractivity contribution in [1.29, 1.82) is 0 Å². The van der Waals surface area contributed by atoms with Crippen LogP contribution in [0.25, 0.3) is 0 Å². The minimum absolute atomic E-state index is 0.156. The Labute approximate surface area is 748 Å². The minimum Gasteiger partial charge on any atom is -0.394 e. The van der Waals surface area contributed by atoms with Crippen LogP contribution in [0.2, 0.25) is 0 Å². The molecule has 42 nitrogen and oxygen atoms in total. The molecule has 7 aliphatic rings. The van der Waals surface area contributed by atoms with Gasteiger partial charge in [-0.25, -0.2) is 0 Å². The number of nitrogens with one attached hydrogen (secondary N) is 4. The van der Waals surface area contributed by atoms with Gasteiger partial charge in [0, 0.05) is 27.2 Å². The molecule has 0 aromatic carbocycles. The van der Waals surface area contributed by atoms with E-state index in [0.717, 1.165) is 72.1 Å². The summed E-state index contributed by atoms with van der Waals surface area (Å²) in [5.74, 6) is -3.00. The van der Waals surface area contributed by atoms with Crippen LogP contribution in [0.3, 0.4) is 0 Å². The van der Waals surface area contributed by atoms with Gasteiger partial charge in [-0.3, -0.25) is 19.2 Å². The van der Waals surface area contributed by atoms with E-state index in [1.165, 1.54) is 122 Å². The van der Waals surface area contributed by atoms with Crippen LogP contribution in [0.5, 0.6) is 0 Å². The van der Waals surface area contributed by atoms with Crippen LogP contribution in [0.15, 0.2) is 12.2 Å². The van der Waals surface area contributed by atoms with Crippen LogP contribution >= 0.6 is 0 Å². The second-order valence-electron chi connectivity index (χ2n) is 34.9. The number of hydrogen-bond acceptors (Lipinski definition) is 38. The summed E-state index contributed by atoms with van der Waals surface area (Å²) < 4.78 is 83.7. The Hall–Kier alpha value is -3.74. The van der Waals surface area contributed by atoms with Gasteiger partial charge in [0.15, 0.2) is 44.0 Å². The third-order valence-electron chi connectivity index (χ3n) is 24.7. The molecule has 24 N–H and O–H groups in total. The molecular formula is C86H154N4O38. The fourth-order valence-electron chi connectivity index (χ4n) is 17.3. The first-order chi connectivity index (χ1) is 61.4. The number of amides is 4. The minimum atomic E-state index is -2.38. The lowest BCUT2D eigenvalue weighted by Crippen LogP contribution is -2.71. The summed E-state index contributed by atoms with van der Waals surface area (Å²) in [5.41, 5.74) is 0. The van der Waals surface area contributed by atoms with Crippen LogP contribution in [-0.4, -0.2) is 406 Å². The predicted molar refractivity (Wildman–Crippen MR) is 447 cm³/mol. The zero-order valence-corrected chi connectivity index (χ0v) is 74.7. The lowest BCUT2D eigenvalue weighted by atomic mass is 9.93. The summed E-state index contributed by atoms with van der Waals surface area (Å²) in [6.07, 6.45) is -28.5. The molecule has 7 saturated heterocycles. The van der Waals surface area contributed by atoms with Crippen molar-refractivity contribution < 1.29 is 188 Å². The molecule has 7 heterocycles. The number of allylic oxidation sites excluding steroid dienone is 1. The molecule has 0 aliphatic carbocycles. The van der Waals surface area contributed by atoms with Crippen LogP contribution in [0.1, 0.15) is 227 Å². The molecule has 746 valence electrons. The molecular weight excluding hydrogens is 1700 g/mol. The van der Waals surface area contributed by atoms with Crippen LogP contribution in [-0.2, 0) is 85.5 Å². The smallest absolute Gasteiger partial charge is 0.220 e. The van der Waals surface area contributed by atoms with E-state index in [1.54, 1.807) is 6.08 Å². The molecule has 7 rings (SSSR count). The Balaban J connectivity index is 1.02. The zero-order valence-electron chi connectivity index (χ0n) is 74.7. The van der Waals surface area contributed by atoms with Gasteiger partial charge in [-0.2, -0.15) is 0 Å². The number of rotatable bonds is 58. The number of hydrogen-bond donors (Lipinski definition) is 24. The maximum absolute atomic E-state index is 13.6. The number of carbonyl (C=O) groups is 4. The summed E-state index contributed by atoms with van der Waals surface area (Å²) in [6, 6.07) is -6.56. The van der Waals surface area contributed by atoms with E-state index < -0.39 is 297 Å². The third kappa shape index (κ3) is 33.0. The van der Waals surface area contributed by atoms with Crippen molar-refractivity contribution in [2.45, 2.75) is 454 Å². The highest BCUT2D eigenvalue weighted by Crippen LogP contribution is 2.39. The van der Waals surface area contributed by atoms with Gasteiger partial charge in [0.1, 0.15) is 171 Å². The van der Waals surface area contributed by atoms with E-state index in [1.807, 2.05) is 6.08 Å². The SMILES string of the molecule is CCCCCCCCCCCCC/C=C/[C@@H](O)[C@H](CO[C@@H]1OC(CO)[C@@H](O[C@@H]2OC(CO)[C@H](O)[C@H](O[C@@H]3OC(CO)[C@@H](O)[C@H](O[C@@H]4OC(CO)[C@H](O)[C@H](O[C@@H]5OC(CO)[C@@H](O)[C@H](O[C@@H]6OC(CO)[C@H](O)[C@H](O[C@H]7OC(CO)[C@H](O)[C@H](O)C7NC(C)=O)C6O)C5NC(C)=O)C4O)C3NC(C)=O)C2O)[C@H](O)C1O)NC(=O)CCCCCCCCCCCCCCCCCCC. The number of ether oxygens (including phenoxy) is 14. The van der Waals surface area contributed by atoms with E-state index in [9.17, 15) is 121 Å². The standard InChI is InChI=1S/C86H154N4O38/c1-6-8-10-12-14-16-18-20-21-22-23-25-27-29-31-33-35-37-58(102)90-49(50(101)36-34-32-30-28-26-24-19-17-15-13-11-9-7-2)45-115-83-70(111)69(110)74(57(44-97)122-83)123-84-71(112)78(66(107)54(41-94)119-84)127-81-60(88-47(4)99)76(64(105)52(39-92)117-81)125-86-73(114)79(67(108)56(43-96)121-86)128-82-61(89-48(5)100)75(63(104)53(40-93)118-82)124-85-72(113)77(65(106)55(42-95)120-85)126-80-59(87-46(3)98)68(109)62(103)51(38-91)116-80/h34,36,49-57,59-86,91-97,101,103-114H,6-33,35,37-45H2,1-5H3,(H,87,98)(H,88,99)(H,89,100)(H,90,102)/b36-34+/t49-,50+,51?,52?,53?,54?,55?,56?,57?,59?,60?,61?,62-,63+,64+,65-,66-,67-,68+,69+,70?,71?,72?,73?,74+,75+,76+,77-,78-,79-,80+,81-,82-,83+,84-,85-,86-/m0/s1. The average Bonchev–Trinajstić information content (AvgIpc) is 0.758. The number of aliphatic hydroxyl groups is 20. The summed E-state index contributed by atoms with van der Waals surface area (Å²) in [7, 11) is 0. The van der Waals surface area contributed by atoms with E-state index >= 15 is 0 Å². The van der Waals surface area contributed by atoms with Crippen molar-refractivity contribution in [1.82, 2.24) is 21.3 Å². The van der Waals surface area contributed by atoms with Crippen LogP contribution in [0.4, 0.5) is 0 Å². The van der Waals surface area contributed by atoms with Crippen molar-refractivity contribution >= 4 is 23.6 Å². The van der Waals surface area contributed by atoms with Crippen LogP contribution in [0, 0.1) is 0 Å². The molecule has 7 aliphatic heterocycles. The highest BCUT2D eigenvalue weighted by Gasteiger charge is 2.60. The van der Waals surface area contributed by atoms with Crippen molar-refractivity contribution in [2.24, 2.45) is 0 Å². The second-order valence-corrected chi connectivity index (χ2v) is 34.9. The first-order valence-electron chi connectivity index (χ1n) is 46.5. The molecule has 0 aromatic rings. The Morgan fingerprint density at radius 3 is 0.930 bits per heavy atom. The highest BCUT2D eigenvalue weighted by molar-refractivity contribution is 5.76. The van der Waals surface area contributed by atoms with E-state index in [0.29, 0.717) is 12.8 Å². The summed E-state index contributed by atoms with van der Waals surface area (Å²) >= 11 is 0. The topological polar surface area (TPSA) is 650 Å². The molecule has 7 fully saturated rings. The first-order valence-corrected chi connectivity index (χ1v) is 46.5. The lowest BCUT2D eigenvalue weighted by molar-refractivity contribution is -0.387. The molecule has 0 saturated carbocycles. The summed E-state index contributed by atoms with van der Waals surface area (Å²) in [4.78, 5) is 52.4. The van der Waals surface area contributed by atoms with E-state index in [-0.39, 0.29) is 12.3 Å². The Bertz CT molecular complexity index is 3100. The van der Waals surface area contributed by atoms with Crippen molar-refractivity contribution in [3.63, 3.8) is 0 Å². The van der Waals surface area contributed by atoms with Gasteiger partial charge < -0.3 is 190 Å². The second kappa shape index (κ2) is 58.6. The first kappa shape index (κ1) is 111. The Morgan fingerprint density at radius 1 is 0.305 bits per heavy atom. The molecule has 128 heavy (non-hydrogen) atoms. The maximum atomic E-state index is 13.6. The highest BCUT2D eigenvalue weighted by atomic mass is 16.8. The van der Waals surface area contributed by atoms with Gasteiger partial charge >= 0.3 is 0 Å². The maximum Gasteiger partial charge on any atom is 0.220 e. The van der Waals surface area contributed by atoms with E-state index in [4.69, 9.17) is 66.3 Å². The number of aliphatic hydroxyl groups excluding tert-OH is 20. The number of carbonyl (C=O) groups excluding carboxylic acids is 4. The fourth-order valence-corrected chi connectivity index (χ4v) is 17.3. The van der Waals surface area contributed by atoms with Crippen LogP contribution < -0.4 is 21.3 Å². The third-order valence-corrected chi connectivity index (χ3v) is 24.7. The van der Waals surface area contributed by atoms with Crippen molar-refractivity contribution in [2.75, 3.05) is 52.9 Å². The quantitative estimate of drug-likeness (QED) is 0.0206. The largest absolute Gasteiger partial charge is 0.394 e. The van der Waals surface area contributed by atoms with Gasteiger partial charge in [0.25, 0.3) is 0 Å². The van der Waals surface area contributed by atoms with E-state index in [2.05, 4.69) is 35.1 Å². The van der Waals surface area contributed by atoms with Gasteiger partial charge in [0.2, 0.25) is 23.6 Å². The van der Waals surface area contributed by atoms with Crippen molar-refractivity contribution in [3.05, 3.63) is 12.2 Å². The van der Waals surface area contributed by atoms with Gasteiger partial charge in [-0.15, -0.1) is 0 Å². The lowest BCUT2D eigenvalue weighted by Gasteiger charge is -2.51. The molecule has 14 unspecified atom stereocenters. The van der Waals surface area contributed by atoms with Gasteiger partial charge in [0.05, 0.1) is 65.0 Å². The summed E-state index contributed by atoms with van der Waals surface area (Å²) in [6.45, 7) is -0.369. The molecule has 37 atom stereocenters. The number of unbranched alkanes of at least 4 members (excludes halogenated alkanes) is 27. The molecule has 42 heteroatoms. The predicted octanol–water partition coefficient (Wildman–Crippen LogP) is -3.68. The normalized spacial score (nSPS) is 37.6. The Kier molecular flexibility index (Phi) is 51.0.